The van der Waals surface area contributed by atoms with Crippen molar-refractivity contribution in [3.63, 3.8) is 0 Å². The van der Waals surface area contributed by atoms with Gasteiger partial charge >= 0.3 is 0 Å². The predicted octanol–water partition coefficient (Wildman–Crippen LogP) is 7.54. The fourth-order valence-electron chi connectivity index (χ4n) is 4.20. The van der Waals surface area contributed by atoms with E-state index in [0.717, 1.165) is 30.7 Å². The summed E-state index contributed by atoms with van der Waals surface area (Å²) in [6, 6.07) is 32.9. The molecule has 0 radical (unpaired) electrons. The minimum Gasteiger partial charge on any atom is -0.309 e. The second-order valence-corrected chi connectivity index (χ2v) is 8.42. The quantitative estimate of drug-likeness (QED) is 0.168. The van der Waals surface area contributed by atoms with Gasteiger partial charge in [0.15, 0.2) is 0 Å². The van der Waals surface area contributed by atoms with Crippen molar-refractivity contribution < 1.29 is 4.48 Å². The third kappa shape index (κ3) is 7.31. The molecule has 0 saturated carbocycles. The highest BCUT2D eigenvalue weighted by Gasteiger charge is 2.27. The molecule has 0 heterocycles. The summed E-state index contributed by atoms with van der Waals surface area (Å²) < 4.78 is 1.00. The van der Waals surface area contributed by atoms with Crippen LogP contribution in [0.15, 0.2) is 103 Å². The zero-order valence-corrected chi connectivity index (χ0v) is 18.4. The summed E-state index contributed by atoms with van der Waals surface area (Å²) in [4.78, 5) is 0. The third-order valence-electron chi connectivity index (χ3n) is 5.72. The van der Waals surface area contributed by atoms with Gasteiger partial charge in [-0.2, -0.15) is 0 Å². The summed E-state index contributed by atoms with van der Waals surface area (Å²) in [6.07, 6.45) is 9.93. The van der Waals surface area contributed by atoms with Crippen LogP contribution in [0.25, 0.3) is 0 Å². The topological polar surface area (TPSA) is 0 Å². The van der Waals surface area contributed by atoms with E-state index < -0.39 is 0 Å². The standard InChI is InChI=1S/C29H36N/c1-2-3-4-5-6-16-23-30(24-27-17-10-7-11-18-27,25-28-19-12-8-13-20-28)26-29-21-14-9-15-22-29/h6-22H,2-5,23-26H2,1H3/q+1/b16-6+. The first-order valence-corrected chi connectivity index (χ1v) is 11.4. The van der Waals surface area contributed by atoms with Crippen LogP contribution in [0.1, 0.15) is 49.3 Å². The number of allylic oxidation sites excluding steroid dienone is 1. The molecule has 1 heteroatoms. The molecule has 0 spiro atoms. The normalized spacial score (nSPS) is 11.8. The Balaban J connectivity index is 1.88. The minimum atomic E-state index is 1.00. The van der Waals surface area contributed by atoms with Crippen LogP contribution in [-0.2, 0) is 19.6 Å². The van der Waals surface area contributed by atoms with Crippen molar-refractivity contribution in [1.29, 1.82) is 0 Å². The molecular formula is C29H36N+. The van der Waals surface area contributed by atoms with Crippen molar-refractivity contribution in [1.82, 2.24) is 0 Å². The number of benzene rings is 3. The average Bonchev–Trinajstić information content (AvgIpc) is 2.78. The maximum absolute atomic E-state index is 2.44. The summed E-state index contributed by atoms with van der Waals surface area (Å²) in [6.45, 7) is 6.41. The lowest BCUT2D eigenvalue weighted by atomic mass is 10.1. The Morgan fingerprint density at radius 3 is 1.40 bits per heavy atom. The van der Waals surface area contributed by atoms with Crippen molar-refractivity contribution in [2.45, 2.75) is 52.2 Å². The van der Waals surface area contributed by atoms with Gasteiger partial charge in [0.05, 0.1) is 6.54 Å². The number of hydrogen-bond acceptors (Lipinski definition) is 0. The summed E-state index contributed by atoms with van der Waals surface area (Å²) in [5.74, 6) is 0. The monoisotopic (exact) mass is 398 g/mol. The average molecular weight is 399 g/mol. The molecule has 0 amide bonds. The predicted molar refractivity (Wildman–Crippen MR) is 129 cm³/mol. The molecule has 0 saturated heterocycles. The molecule has 0 aliphatic carbocycles. The van der Waals surface area contributed by atoms with Crippen molar-refractivity contribution >= 4 is 0 Å². The lowest BCUT2D eigenvalue weighted by molar-refractivity contribution is -0.961. The van der Waals surface area contributed by atoms with Gasteiger partial charge in [-0.05, 0) is 18.9 Å². The van der Waals surface area contributed by atoms with E-state index in [9.17, 15) is 0 Å². The number of nitrogens with zero attached hydrogens (tertiary/aromatic N) is 1. The second kappa shape index (κ2) is 12.1. The molecule has 30 heavy (non-hydrogen) atoms. The van der Waals surface area contributed by atoms with E-state index >= 15 is 0 Å². The lowest BCUT2D eigenvalue weighted by Crippen LogP contribution is -2.46. The summed E-state index contributed by atoms with van der Waals surface area (Å²) in [5, 5.41) is 0. The molecule has 0 atom stereocenters. The molecule has 0 aliphatic rings. The Labute approximate surface area is 183 Å². The number of hydrogen-bond donors (Lipinski definition) is 0. The Hall–Kier alpha value is -2.64. The van der Waals surface area contributed by atoms with E-state index in [0.29, 0.717) is 0 Å². The molecule has 3 aromatic carbocycles. The van der Waals surface area contributed by atoms with Gasteiger partial charge in [0, 0.05) is 16.7 Å². The van der Waals surface area contributed by atoms with Crippen molar-refractivity contribution in [2.75, 3.05) is 6.54 Å². The second-order valence-electron chi connectivity index (χ2n) is 8.42. The van der Waals surface area contributed by atoms with Crippen LogP contribution >= 0.6 is 0 Å². The van der Waals surface area contributed by atoms with E-state index in [1.165, 1.54) is 42.4 Å². The Morgan fingerprint density at radius 1 is 0.567 bits per heavy atom. The first kappa shape index (κ1) is 22.1. The van der Waals surface area contributed by atoms with Gasteiger partial charge in [-0.15, -0.1) is 0 Å². The molecule has 0 aromatic heterocycles. The first-order valence-electron chi connectivity index (χ1n) is 11.4. The van der Waals surface area contributed by atoms with E-state index in [-0.39, 0.29) is 0 Å². The molecule has 0 N–H and O–H groups in total. The van der Waals surface area contributed by atoms with Crippen LogP contribution in [0.4, 0.5) is 0 Å². The van der Waals surface area contributed by atoms with Gasteiger partial charge < -0.3 is 4.48 Å². The van der Waals surface area contributed by atoms with Crippen molar-refractivity contribution in [2.24, 2.45) is 0 Å². The van der Waals surface area contributed by atoms with Gasteiger partial charge in [0.25, 0.3) is 0 Å². The fraction of sp³-hybridized carbons (Fsp3) is 0.310. The minimum absolute atomic E-state index is 1.00. The molecular weight excluding hydrogens is 362 g/mol. The molecule has 1 nitrogen and oxygen atoms in total. The van der Waals surface area contributed by atoms with Crippen LogP contribution in [0.5, 0.6) is 0 Å². The van der Waals surface area contributed by atoms with Gasteiger partial charge in [0.1, 0.15) is 19.6 Å². The van der Waals surface area contributed by atoms with E-state index in [2.05, 4.69) is 110 Å². The SMILES string of the molecule is CCCCC/C=C/C[N+](Cc1ccccc1)(Cc1ccccc1)Cc1ccccc1. The lowest BCUT2D eigenvalue weighted by Gasteiger charge is -2.38. The fourth-order valence-corrected chi connectivity index (χ4v) is 4.20. The van der Waals surface area contributed by atoms with Gasteiger partial charge in [-0.1, -0.05) is 117 Å². The van der Waals surface area contributed by atoms with Crippen LogP contribution in [0.3, 0.4) is 0 Å². The van der Waals surface area contributed by atoms with Crippen LogP contribution < -0.4 is 0 Å². The molecule has 3 aromatic rings. The Bertz CT molecular complexity index is 751. The summed E-state index contributed by atoms with van der Waals surface area (Å²) in [5.41, 5.74) is 4.22. The summed E-state index contributed by atoms with van der Waals surface area (Å²) in [7, 11) is 0. The Morgan fingerprint density at radius 2 is 1.00 bits per heavy atom. The highest BCUT2D eigenvalue weighted by Crippen LogP contribution is 2.24. The van der Waals surface area contributed by atoms with Crippen LogP contribution in [-0.4, -0.2) is 11.0 Å². The van der Waals surface area contributed by atoms with E-state index in [1.807, 2.05) is 0 Å². The number of quaternary nitrogens is 1. The Kier molecular flexibility index (Phi) is 8.93. The first-order chi connectivity index (χ1) is 14.8. The maximum Gasteiger partial charge on any atom is 0.105 e. The highest BCUT2D eigenvalue weighted by atomic mass is 15.3. The largest absolute Gasteiger partial charge is 0.309 e. The number of unbranched alkanes of at least 4 members (excludes halogenated alkanes) is 3. The van der Waals surface area contributed by atoms with Gasteiger partial charge in [-0.25, -0.2) is 0 Å². The molecule has 0 fully saturated rings. The van der Waals surface area contributed by atoms with E-state index in [1.54, 1.807) is 0 Å². The molecule has 0 bridgehead atoms. The zero-order valence-electron chi connectivity index (χ0n) is 18.4. The van der Waals surface area contributed by atoms with Crippen LogP contribution in [0, 0.1) is 0 Å². The van der Waals surface area contributed by atoms with Gasteiger partial charge in [-0.3, -0.25) is 0 Å². The highest BCUT2D eigenvalue weighted by molar-refractivity contribution is 5.17. The maximum atomic E-state index is 2.44. The van der Waals surface area contributed by atoms with Crippen molar-refractivity contribution in [3.8, 4) is 0 Å². The van der Waals surface area contributed by atoms with Gasteiger partial charge in [0.2, 0.25) is 0 Å². The molecule has 0 unspecified atom stereocenters. The van der Waals surface area contributed by atoms with Crippen LogP contribution in [0.2, 0.25) is 0 Å². The van der Waals surface area contributed by atoms with Crippen molar-refractivity contribution in [3.05, 3.63) is 120 Å². The van der Waals surface area contributed by atoms with E-state index in [4.69, 9.17) is 0 Å². The smallest absolute Gasteiger partial charge is 0.105 e. The molecule has 0 aliphatic heterocycles. The zero-order chi connectivity index (χ0) is 20.9. The summed E-state index contributed by atoms with van der Waals surface area (Å²) >= 11 is 0. The number of rotatable bonds is 12. The molecule has 156 valence electrons. The third-order valence-corrected chi connectivity index (χ3v) is 5.72. The molecule has 3 rings (SSSR count).